The number of amides is 1. The lowest BCUT2D eigenvalue weighted by molar-refractivity contribution is -0.384. The van der Waals surface area contributed by atoms with E-state index in [1.807, 2.05) is 30.3 Å². The van der Waals surface area contributed by atoms with Crippen molar-refractivity contribution in [3.63, 3.8) is 0 Å². The standard InChI is InChI=1S/C20H14N4O4S/c1-2-10-23-16-9-8-14(24(26)27)11-18(16)29-20(23)21-19(25)15-12-17(28-22-15)13-6-4-3-5-7-13/h2-9,11-12H,1,10H2. The number of non-ortho nitro benzene ring substituents is 1. The summed E-state index contributed by atoms with van der Waals surface area (Å²) in [4.78, 5) is 27.8. The number of fused-ring (bicyclic) bond motifs is 1. The monoisotopic (exact) mass is 406 g/mol. The topological polar surface area (TPSA) is 104 Å². The number of carbonyl (C=O) groups excluding carboxylic acids is 1. The second kappa shape index (κ2) is 7.64. The average molecular weight is 406 g/mol. The quantitative estimate of drug-likeness (QED) is 0.281. The van der Waals surface area contributed by atoms with Crippen molar-refractivity contribution in [2.45, 2.75) is 6.54 Å². The van der Waals surface area contributed by atoms with Gasteiger partial charge in [-0.25, -0.2) is 0 Å². The Morgan fingerprint density at radius 3 is 2.79 bits per heavy atom. The van der Waals surface area contributed by atoms with Crippen LogP contribution in [0.1, 0.15) is 10.5 Å². The van der Waals surface area contributed by atoms with Crippen molar-refractivity contribution in [1.29, 1.82) is 0 Å². The molecule has 0 aliphatic rings. The van der Waals surface area contributed by atoms with Gasteiger partial charge in [0.2, 0.25) is 0 Å². The molecule has 0 atom stereocenters. The van der Waals surface area contributed by atoms with Crippen molar-refractivity contribution in [2.24, 2.45) is 4.99 Å². The fourth-order valence-electron chi connectivity index (χ4n) is 2.82. The molecule has 0 radical (unpaired) electrons. The van der Waals surface area contributed by atoms with Crippen LogP contribution >= 0.6 is 11.3 Å². The highest BCUT2D eigenvalue weighted by Crippen LogP contribution is 2.24. The molecular weight excluding hydrogens is 392 g/mol. The number of rotatable bonds is 5. The molecule has 29 heavy (non-hydrogen) atoms. The van der Waals surface area contributed by atoms with Crippen LogP contribution in [0.15, 0.2) is 76.8 Å². The minimum absolute atomic E-state index is 0.0219. The maximum absolute atomic E-state index is 12.6. The number of benzene rings is 2. The molecular formula is C20H14N4O4S. The van der Waals surface area contributed by atoms with Crippen LogP contribution in [0.3, 0.4) is 0 Å². The molecule has 8 nitrogen and oxygen atoms in total. The summed E-state index contributed by atoms with van der Waals surface area (Å²) in [5.41, 5.74) is 1.59. The molecule has 0 saturated carbocycles. The van der Waals surface area contributed by atoms with E-state index in [-0.39, 0.29) is 11.4 Å². The van der Waals surface area contributed by atoms with Crippen LogP contribution in [0.25, 0.3) is 21.5 Å². The van der Waals surface area contributed by atoms with E-state index in [1.54, 1.807) is 16.7 Å². The summed E-state index contributed by atoms with van der Waals surface area (Å²) in [6.45, 7) is 4.13. The summed E-state index contributed by atoms with van der Waals surface area (Å²) < 4.78 is 7.68. The van der Waals surface area contributed by atoms with Gasteiger partial charge in [-0.3, -0.25) is 14.9 Å². The number of nitro groups is 1. The Morgan fingerprint density at radius 1 is 1.28 bits per heavy atom. The largest absolute Gasteiger partial charge is 0.355 e. The van der Waals surface area contributed by atoms with Gasteiger partial charge in [0.1, 0.15) is 0 Å². The number of hydrogen-bond acceptors (Lipinski definition) is 6. The van der Waals surface area contributed by atoms with Gasteiger partial charge in [-0.2, -0.15) is 4.99 Å². The van der Waals surface area contributed by atoms with Gasteiger partial charge in [-0.1, -0.05) is 52.9 Å². The van der Waals surface area contributed by atoms with E-state index in [0.717, 1.165) is 11.1 Å². The van der Waals surface area contributed by atoms with Gasteiger partial charge in [0.15, 0.2) is 16.3 Å². The zero-order chi connectivity index (χ0) is 20.4. The molecule has 2 heterocycles. The summed E-state index contributed by atoms with van der Waals surface area (Å²) in [5, 5.41) is 14.9. The minimum Gasteiger partial charge on any atom is -0.355 e. The highest BCUT2D eigenvalue weighted by Gasteiger charge is 2.15. The second-order valence-corrected chi connectivity index (χ2v) is 7.06. The predicted molar refractivity (Wildman–Crippen MR) is 108 cm³/mol. The van der Waals surface area contributed by atoms with Gasteiger partial charge in [0.25, 0.3) is 5.69 Å². The number of allylic oxidation sites excluding steroid dienone is 1. The Balaban J connectivity index is 1.76. The van der Waals surface area contributed by atoms with Crippen LogP contribution in [0.4, 0.5) is 5.69 Å². The van der Waals surface area contributed by atoms with E-state index in [4.69, 9.17) is 4.52 Å². The summed E-state index contributed by atoms with van der Waals surface area (Å²) in [5.74, 6) is -0.0927. The number of carbonyl (C=O) groups is 1. The van der Waals surface area contributed by atoms with Crippen molar-refractivity contribution >= 4 is 33.1 Å². The maximum Gasteiger partial charge on any atom is 0.301 e. The zero-order valence-electron chi connectivity index (χ0n) is 15.0. The lowest BCUT2D eigenvalue weighted by Gasteiger charge is -2.00. The molecule has 2 aromatic heterocycles. The van der Waals surface area contributed by atoms with Gasteiger partial charge in [-0.15, -0.1) is 6.58 Å². The number of thiazole rings is 1. The smallest absolute Gasteiger partial charge is 0.301 e. The number of nitro benzene ring substituents is 1. The van der Waals surface area contributed by atoms with Crippen molar-refractivity contribution in [3.05, 3.63) is 87.9 Å². The molecule has 0 aliphatic carbocycles. The zero-order valence-corrected chi connectivity index (χ0v) is 15.8. The van der Waals surface area contributed by atoms with Crippen LogP contribution in [-0.4, -0.2) is 20.6 Å². The fraction of sp³-hybridized carbons (Fsp3) is 0.0500. The summed E-state index contributed by atoms with van der Waals surface area (Å²) in [6, 6.07) is 15.4. The van der Waals surface area contributed by atoms with Gasteiger partial charge < -0.3 is 9.09 Å². The van der Waals surface area contributed by atoms with E-state index in [9.17, 15) is 14.9 Å². The molecule has 0 bridgehead atoms. The Hall–Kier alpha value is -3.85. The minimum atomic E-state index is -0.560. The van der Waals surface area contributed by atoms with Crippen LogP contribution in [-0.2, 0) is 6.54 Å². The number of nitrogens with zero attached hydrogens (tertiary/aromatic N) is 4. The molecule has 0 unspecified atom stereocenters. The highest BCUT2D eigenvalue weighted by atomic mass is 32.1. The third kappa shape index (κ3) is 3.63. The Kier molecular flexibility index (Phi) is 4.88. The third-order valence-electron chi connectivity index (χ3n) is 4.17. The molecule has 0 fully saturated rings. The van der Waals surface area contributed by atoms with E-state index < -0.39 is 10.8 Å². The summed E-state index contributed by atoms with van der Waals surface area (Å²) in [7, 11) is 0. The van der Waals surface area contributed by atoms with Crippen LogP contribution in [0.2, 0.25) is 0 Å². The molecule has 9 heteroatoms. The van der Waals surface area contributed by atoms with Crippen molar-refractivity contribution in [2.75, 3.05) is 0 Å². The molecule has 0 N–H and O–H groups in total. The molecule has 0 aliphatic heterocycles. The first-order valence-corrected chi connectivity index (χ1v) is 9.38. The molecule has 2 aromatic carbocycles. The van der Waals surface area contributed by atoms with Gasteiger partial charge in [0, 0.05) is 30.3 Å². The Morgan fingerprint density at radius 2 is 2.07 bits per heavy atom. The predicted octanol–water partition coefficient (Wildman–Crippen LogP) is 4.19. The Labute approximate surface area is 168 Å². The van der Waals surface area contributed by atoms with E-state index in [1.165, 1.54) is 29.5 Å². The lowest BCUT2D eigenvalue weighted by Crippen LogP contribution is -2.16. The number of hydrogen-bond donors (Lipinski definition) is 0. The van der Waals surface area contributed by atoms with Gasteiger partial charge >= 0.3 is 5.91 Å². The second-order valence-electron chi connectivity index (χ2n) is 6.05. The first-order valence-electron chi connectivity index (χ1n) is 8.56. The number of aromatic nitrogens is 2. The van der Waals surface area contributed by atoms with Crippen LogP contribution in [0, 0.1) is 10.1 Å². The molecule has 4 rings (SSSR count). The van der Waals surface area contributed by atoms with E-state index in [0.29, 0.717) is 21.8 Å². The van der Waals surface area contributed by atoms with E-state index >= 15 is 0 Å². The first-order chi connectivity index (χ1) is 14.1. The summed E-state index contributed by atoms with van der Waals surface area (Å²) in [6.07, 6.45) is 1.67. The first kappa shape index (κ1) is 18.5. The average Bonchev–Trinajstić information content (AvgIpc) is 3.34. The van der Waals surface area contributed by atoms with Gasteiger partial charge in [-0.05, 0) is 6.07 Å². The molecule has 4 aromatic rings. The van der Waals surface area contributed by atoms with Crippen molar-refractivity contribution in [1.82, 2.24) is 9.72 Å². The fourth-order valence-corrected chi connectivity index (χ4v) is 3.90. The third-order valence-corrected chi connectivity index (χ3v) is 5.21. The van der Waals surface area contributed by atoms with Gasteiger partial charge in [0.05, 0.1) is 15.1 Å². The SMILES string of the molecule is C=CCn1c(=NC(=O)c2cc(-c3ccccc3)on2)sc2cc([N+](=O)[O-])ccc21. The van der Waals surface area contributed by atoms with E-state index in [2.05, 4.69) is 16.7 Å². The maximum atomic E-state index is 12.6. The lowest BCUT2D eigenvalue weighted by atomic mass is 10.1. The molecule has 0 spiro atoms. The van der Waals surface area contributed by atoms with Crippen LogP contribution in [0.5, 0.6) is 0 Å². The highest BCUT2D eigenvalue weighted by molar-refractivity contribution is 7.16. The molecule has 0 saturated heterocycles. The van der Waals surface area contributed by atoms with Crippen molar-refractivity contribution in [3.8, 4) is 11.3 Å². The molecule has 1 amide bonds. The van der Waals surface area contributed by atoms with Crippen LogP contribution < -0.4 is 4.80 Å². The van der Waals surface area contributed by atoms with Crippen molar-refractivity contribution < 1.29 is 14.2 Å². The summed E-state index contributed by atoms with van der Waals surface area (Å²) >= 11 is 1.19. The Bertz CT molecular complexity index is 1300. The molecule has 144 valence electrons. The normalized spacial score (nSPS) is 11.7.